The van der Waals surface area contributed by atoms with Gasteiger partial charge in [-0.1, -0.05) is 0 Å². The smallest absolute Gasteiger partial charge is 0.453 e. The van der Waals surface area contributed by atoms with Crippen molar-refractivity contribution in [2.75, 3.05) is 19.5 Å². The Bertz CT molecular complexity index is 926. The van der Waals surface area contributed by atoms with Crippen LogP contribution in [0.2, 0.25) is 0 Å². The number of rotatable bonds is 5. The van der Waals surface area contributed by atoms with Crippen LogP contribution in [-0.2, 0) is 6.18 Å². The van der Waals surface area contributed by atoms with Crippen LogP contribution in [0.3, 0.4) is 0 Å². The molecule has 138 valence electrons. The lowest BCUT2D eigenvalue weighted by Crippen LogP contribution is -2.15. The van der Waals surface area contributed by atoms with Gasteiger partial charge in [0.25, 0.3) is 5.82 Å². The molecule has 0 spiro atoms. The minimum atomic E-state index is -4.65. The van der Waals surface area contributed by atoms with Gasteiger partial charge in [0.2, 0.25) is 0 Å². The molecule has 3 rings (SSSR count). The first kappa shape index (κ1) is 17.8. The fourth-order valence-electron chi connectivity index (χ4n) is 2.52. The topological polar surface area (TPSA) is 73.6 Å². The summed E-state index contributed by atoms with van der Waals surface area (Å²) in [5, 5.41) is 13.6. The maximum Gasteiger partial charge on any atom is 0.453 e. The molecule has 26 heavy (non-hydrogen) atoms. The van der Waals surface area contributed by atoms with Gasteiger partial charge in [0.05, 0.1) is 20.3 Å². The summed E-state index contributed by atoms with van der Waals surface area (Å²) in [5.41, 5.74) is 0.781. The molecule has 0 saturated heterocycles. The number of anilines is 1. The van der Waals surface area contributed by atoms with Crippen molar-refractivity contribution in [1.29, 1.82) is 0 Å². The van der Waals surface area contributed by atoms with Crippen molar-refractivity contribution in [3.63, 3.8) is 0 Å². The molecule has 3 aromatic rings. The molecule has 0 amide bonds. The summed E-state index contributed by atoms with van der Waals surface area (Å²) in [5.74, 6) is 0.311. The van der Waals surface area contributed by atoms with E-state index in [2.05, 4.69) is 20.6 Å². The zero-order chi connectivity index (χ0) is 18.9. The summed E-state index contributed by atoms with van der Waals surface area (Å²) in [6.07, 6.45) is -4.65. The zero-order valence-electron chi connectivity index (χ0n) is 14.2. The number of fused-ring (bicyclic) bond motifs is 1. The van der Waals surface area contributed by atoms with Crippen LogP contribution in [0, 0.1) is 0 Å². The van der Waals surface area contributed by atoms with E-state index in [1.54, 1.807) is 25.3 Å². The zero-order valence-corrected chi connectivity index (χ0v) is 14.2. The summed E-state index contributed by atoms with van der Waals surface area (Å²) >= 11 is 0. The highest BCUT2D eigenvalue weighted by Gasteiger charge is 2.37. The van der Waals surface area contributed by atoms with Gasteiger partial charge in [0.15, 0.2) is 5.65 Å². The summed E-state index contributed by atoms with van der Waals surface area (Å²) in [4.78, 5) is 0. The van der Waals surface area contributed by atoms with Gasteiger partial charge < -0.3 is 14.8 Å². The molecule has 0 aliphatic heterocycles. The van der Waals surface area contributed by atoms with Crippen molar-refractivity contribution in [2.45, 2.75) is 19.1 Å². The number of aromatic nitrogens is 4. The van der Waals surface area contributed by atoms with E-state index in [9.17, 15) is 13.2 Å². The third kappa shape index (κ3) is 3.35. The molecular weight excluding hydrogens is 351 g/mol. The number of alkyl halides is 3. The summed E-state index contributed by atoms with van der Waals surface area (Å²) in [7, 11) is 3.08. The molecule has 2 heterocycles. The number of hydrogen-bond donors (Lipinski definition) is 1. The Morgan fingerprint density at radius 2 is 1.85 bits per heavy atom. The van der Waals surface area contributed by atoms with E-state index < -0.39 is 12.0 Å². The van der Waals surface area contributed by atoms with Gasteiger partial charge in [0.1, 0.15) is 17.3 Å². The van der Waals surface area contributed by atoms with E-state index in [1.165, 1.54) is 19.2 Å². The molecule has 0 radical (unpaired) electrons. The monoisotopic (exact) mass is 367 g/mol. The van der Waals surface area contributed by atoms with Crippen molar-refractivity contribution in [1.82, 2.24) is 19.8 Å². The summed E-state index contributed by atoms with van der Waals surface area (Å²) in [6.45, 7) is 1.83. The molecule has 0 aliphatic rings. The van der Waals surface area contributed by atoms with Crippen molar-refractivity contribution in [3.05, 3.63) is 41.7 Å². The molecule has 1 N–H and O–H groups in total. The summed E-state index contributed by atoms with van der Waals surface area (Å²) in [6, 6.07) is 7.93. The Labute approximate surface area is 146 Å². The number of halogens is 3. The van der Waals surface area contributed by atoms with Crippen LogP contribution in [0.5, 0.6) is 11.5 Å². The average molecular weight is 367 g/mol. The Balaban J connectivity index is 1.93. The second-order valence-corrected chi connectivity index (χ2v) is 5.48. The fourth-order valence-corrected chi connectivity index (χ4v) is 2.52. The molecule has 2 aromatic heterocycles. The molecule has 0 aliphatic carbocycles. The molecule has 10 heteroatoms. The summed E-state index contributed by atoms with van der Waals surface area (Å²) < 4.78 is 50.1. The van der Waals surface area contributed by atoms with Crippen molar-refractivity contribution < 1.29 is 22.6 Å². The van der Waals surface area contributed by atoms with Gasteiger partial charge in [-0.15, -0.1) is 15.3 Å². The van der Waals surface area contributed by atoms with Crippen LogP contribution in [0.1, 0.15) is 24.4 Å². The molecule has 7 nitrogen and oxygen atoms in total. The number of methoxy groups -OCH3 is 2. The second-order valence-electron chi connectivity index (χ2n) is 5.48. The van der Waals surface area contributed by atoms with E-state index in [1.807, 2.05) is 6.92 Å². The first-order valence-corrected chi connectivity index (χ1v) is 7.61. The van der Waals surface area contributed by atoms with E-state index >= 15 is 0 Å². The predicted molar refractivity (Wildman–Crippen MR) is 87.4 cm³/mol. The predicted octanol–water partition coefficient (Wildman–Crippen LogP) is 3.33. The van der Waals surface area contributed by atoms with E-state index in [0.29, 0.717) is 16.0 Å². The highest BCUT2D eigenvalue weighted by molar-refractivity contribution is 5.48. The Hall–Kier alpha value is -3.04. The van der Waals surface area contributed by atoms with Crippen molar-refractivity contribution >= 4 is 11.5 Å². The van der Waals surface area contributed by atoms with Gasteiger partial charge in [-0.2, -0.15) is 17.7 Å². The minimum absolute atomic E-state index is 0.00879. The van der Waals surface area contributed by atoms with Gasteiger partial charge in [0, 0.05) is 5.56 Å². The molecule has 0 bridgehead atoms. The van der Waals surface area contributed by atoms with Crippen LogP contribution >= 0.6 is 0 Å². The van der Waals surface area contributed by atoms with E-state index in [0.717, 1.165) is 5.56 Å². The van der Waals surface area contributed by atoms with Gasteiger partial charge in [-0.3, -0.25) is 0 Å². The van der Waals surface area contributed by atoms with Crippen LogP contribution in [0.15, 0.2) is 30.3 Å². The number of nitrogens with zero attached hydrogens (tertiary/aromatic N) is 4. The number of benzene rings is 1. The lowest BCUT2D eigenvalue weighted by Gasteiger charge is -2.18. The first-order valence-electron chi connectivity index (χ1n) is 7.61. The molecule has 1 aromatic carbocycles. The standard InChI is InChI=1S/C16H16F3N5O2/c1-9(11-8-10(25-2)4-5-12(11)26-3)20-13-6-7-14-21-22-15(16(17,18)19)24(14)23-13/h4-9H,1-3H3,(H,20,23)/t9-/m0/s1. The average Bonchev–Trinajstić information content (AvgIpc) is 3.04. The van der Waals surface area contributed by atoms with Crippen LogP contribution in [0.4, 0.5) is 19.0 Å². The SMILES string of the molecule is COc1ccc(OC)c([C@H](C)Nc2ccc3nnc(C(F)(F)F)n3n2)c1. The third-order valence-corrected chi connectivity index (χ3v) is 3.78. The molecule has 0 unspecified atom stereocenters. The lowest BCUT2D eigenvalue weighted by atomic mass is 10.1. The van der Waals surface area contributed by atoms with Crippen LogP contribution < -0.4 is 14.8 Å². The second kappa shape index (κ2) is 6.70. The van der Waals surface area contributed by atoms with Gasteiger partial charge >= 0.3 is 6.18 Å². The van der Waals surface area contributed by atoms with E-state index in [4.69, 9.17) is 9.47 Å². The van der Waals surface area contributed by atoms with Crippen LogP contribution in [-0.4, -0.2) is 34.0 Å². The molecule has 0 saturated carbocycles. The Kier molecular flexibility index (Phi) is 4.58. The highest BCUT2D eigenvalue weighted by Crippen LogP contribution is 2.31. The maximum absolute atomic E-state index is 13.0. The molecule has 1 atom stereocenters. The molecule has 0 fully saturated rings. The van der Waals surface area contributed by atoms with E-state index in [-0.39, 0.29) is 17.5 Å². The quantitative estimate of drug-likeness (QED) is 0.746. The normalized spacial score (nSPS) is 12.8. The Morgan fingerprint density at radius 3 is 2.50 bits per heavy atom. The first-order chi connectivity index (χ1) is 12.3. The largest absolute Gasteiger partial charge is 0.497 e. The fraction of sp³-hybridized carbons (Fsp3) is 0.312. The third-order valence-electron chi connectivity index (χ3n) is 3.78. The van der Waals surface area contributed by atoms with Crippen LogP contribution in [0.25, 0.3) is 5.65 Å². The Morgan fingerprint density at radius 1 is 1.08 bits per heavy atom. The molecular formula is C16H16F3N5O2. The van der Waals surface area contributed by atoms with Crippen molar-refractivity contribution in [3.8, 4) is 11.5 Å². The number of nitrogens with one attached hydrogen (secondary N) is 1. The minimum Gasteiger partial charge on any atom is -0.497 e. The number of ether oxygens (including phenoxy) is 2. The number of hydrogen-bond acceptors (Lipinski definition) is 6. The maximum atomic E-state index is 13.0. The van der Waals surface area contributed by atoms with Gasteiger partial charge in [-0.05, 0) is 37.3 Å². The lowest BCUT2D eigenvalue weighted by molar-refractivity contribution is -0.146. The van der Waals surface area contributed by atoms with Crippen molar-refractivity contribution in [2.24, 2.45) is 0 Å². The van der Waals surface area contributed by atoms with Gasteiger partial charge in [-0.25, -0.2) is 0 Å². The highest BCUT2D eigenvalue weighted by atomic mass is 19.4.